The van der Waals surface area contributed by atoms with Gasteiger partial charge in [-0.1, -0.05) is 12.1 Å². The smallest absolute Gasteiger partial charge is 0.181 e. The van der Waals surface area contributed by atoms with Crippen molar-refractivity contribution in [3.63, 3.8) is 0 Å². The molecule has 0 amide bonds. The summed E-state index contributed by atoms with van der Waals surface area (Å²) in [5.41, 5.74) is 1.96. The number of rotatable bonds is 6. The standard InChI is InChI=1S/C16H22N2O2/c1-12(9-16(2,3)19-4)18-14-7-5-6-13(8-14)15-10-17-11-20-15/h5-8,10-12,18H,9H2,1-4H3. The number of nitrogens with zero attached hydrogens (tertiary/aromatic N) is 1. The molecular formula is C16H22N2O2. The second-order valence-electron chi connectivity index (χ2n) is 5.66. The van der Waals surface area contributed by atoms with Crippen LogP contribution < -0.4 is 5.32 Å². The number of hydrogen-bond donors (Lipinski definition) is 1. The predicted molar refractivity (Wildman–Crippen MR) is 80.7 cm³/mol. The molecule has 0 saturated carbocycles. The lowest BCUT2D eigenvalue weighted by Gasteiger charge is -2.27. The first kappa shape index (κ1) is 14.6. The van der Waals surface area contributed by atoms with Crippen molar-refractivity contribution in [2.24, 2.45) is 0 Å². The van der Waals surface area contributed by atoms with Gasteiger partial charge in [-0.15, -0.1) is 0 Å². The van der Waals surface area contributed by atoms with Crippen LogP contribution in [0.2, 0.25) is 0 Å². The van der Waals surface area contributed by atoms with Crippen molar-refractivity contribution in [1.29, 1.82) is 0 Å². The highest BCUT2D eigenvalue weighted by atomic mass is 16.5. The Morgan fingerprint density at radius 2 is 2.20 bits per heavy atom. The van der Waals surface area contributed by atoms with E-state index in [-0.39, 0.29) is 5.60 Å². The summed E-state index contributed by atoms with van der Waals surface area (Å²) in [5, 5.41) is 3.49. The summed E-state index contributed by atoms with van der Waals surface area (Å²) in [5.74, 6) is 0.776. The lowest BCUT2D eigenvalue weighted by molar-refractivity contribution is 0.0128. The van der Waals surface area contributed by atoms with Gasteiger partial charge in [0.2, 0.25) is 0 Å². The lowest BCUT2D eigenvalue weighted by atomic mass is 9.99. The van der Waals surface area contributed by atoms with Gasteiger partial charge in [0, 0.05) is 24.4 Å². The Hall–Kier alpha value is -1.81. The van der Waals surface area contributed by atoms with E-state index in [2.05, 4.69) is 43.2 Å². The van der Waals surface area contributed by atoms with Crippen LogP contribution in [-0.2, 0) is 4.74 Å². The van der Waals surface area contributed by atoms with E-state index in [9.17, 15) is 0 Å². The van der Waals surface area contributed by atoms with Crippen molar-refractivity contribution in [2.75, 3.05) is 12.4 Å². The first-order valence-corrected chi connectivity index (χ1v) is 6.81. The van der Waals surface area contributed by atoms with Gasteiger partial charge in [-0.2, -0.15) is 0 Å². The third-order valence-electron chi connectivity index (χ3n) is 3.34. The van der Waals surface area contributed by atoms with Gasteiger partial charge in [-0.05, 0) is 39.3 Å². The maximum absolute atomic E-state index is 5.47. The number of anilines is 1. The molecule has 0 radical (unpaired) electrons. The van der Waals surface area contributed by atoms with Crippen molar-refractivity contribution >= 4 is 5.69 Å². The number of ether oxygens (including phenoxy) is 1. The minimum absolute atomic E-state index is 0.130. The molecule has 0 saturated heterocycles. The van der Waals surface area contributed by atoms with Crippen LogP contribution in [0.4, 0.5) is 5.69 Å². The first-order chi connectivity index (χ1) is 9.50. The van der Waals surface area contributed by atoms with E-state index in [0.717, 1.165) is 23.4 Å². The second kappa shape index (κ2) is 6.09. The van der Waals surface area contributed by atoms with Crippen LogP contribution in [0.3, 0.4) is 0 Å². The SMILES string of the molecule is COC(C)(C)CC(C)Nc1cccc(-c2cnco2)c1. The van der Waals surface area contributed by atoms with Crippen molar-refractivity contribution < 1.29 is 9.15 Å². The number of nitrogens with one attached hydrogen (secondary N) is 1. The van der Waals surface area contributed by atoms with E-state index < -0.39 is 0 Å². The van der Waals surface area contributed by atoms with Crippen LogP contribution in [0.25, 0.3) is 11.3 Å². The molecule has 0 bridgehead atoms. The van der Waals surface area contributed by atoms with Crippen LogP contribution in [0, 0.1) is 0 Å². The summed E-state index contributed by atoms with van der Waals surface area (Å²) in [6, 6.07) is 8.45. The van der Waals surface area contributed by atoms with Crippen LogP contribution in [0.15, 0.2) is 41.3 Å². The van der Waals surface area contributed by atoms with Crippen LogP contribution in [0.1, 0.15) is 27.2 Å². The topological polar surface area (TPSA) is 47.3 Å². The van der Waals surface area contributed by atoms with Crippen molar-refractivity contribution in [3.05, 3.63) is 36.9 Å². The zero-order chi connectivity index (χ0) is 14.6. The average Bonchev–Trinajstić information content (AvgIpc) is 2.92. The molecule has 20 heavy (non-hydrogen) atoms. The molecule has 0 aliphatic carbocycles. The Bertz CT molecular complexity index is 535. The van der Waals surface area contributed by atoms with Crippen LogP contribution >= 0.6 is 0 Å². The second-order valence-corrected chi connectivity index (χ2v) is 5.66. The van der Waals surface area contributed by atoms with Gasteiger partial charge in [0.15, 0.2) is 12.2 Å². The Labute approximate surface area is 120 Å². The fourth-order valence-electron chi connectivity index (χ4n) is 2.28. The monoisotopic (exact) mass is 274 g/mol. The number of methoxy groups -OCH3 is 1. The minimum Gasteiger partial charge on any atom is -0.444 e. The van der Waals surface area contributed by atoms with E-state index in [1.807, 2.05) is 12.1 Å². The molecule has 1 heterocycles. The molecule has 0 spiro atoms. The zero-order valence-electron chi connectivity index (χ0n) is 12.5. The minimum atomic E-state index is -0.130. The molecule has 1 aromatic carbocycles. The van der Waals surface area contributed by atoms with Gasteiger partial charge in [-0.3, -0.25) is 0 Å². The van der Waals surface area contributed by atoms with Crippen molar-refractivity contribution in [1.82, 2.24) is 4.98 Å². The fraction of sp³-hybridized carbons (Fsp3) is 0.438. The van der Waals surface area contributed by atoms with Gasteiger partial charge in [-0.25, -0.2) is 4.98 Å². The van der Waals surface area contributed by atoms with E-state index in [1.165, 1.54) is 6.39 Å². The molecule has 0 fully saturated rings. The summed E-state index contributed by atoms with van der Waals surface area (Å²) < 4.78 is 10.8. The quantitative estimate of drug-likeness (QED) is 0.866. The Kier molecular flexibility index (Phi) is 4.45. The molecule has 0 aliphatic rings. The highest BCUT2D eigenvalue weighted by Gasteiger charge is 2.20. The molecule has 1 N–H and O–H groups in total. The highest BCUT2D eigenvalue weighted by molar-refractivity contribution is 5.63. The average molecular weight is 274 g/mol. The number of hydrogen-bond acceptors (Lipinski definition) is 4. The molecule has 108 valence electrons. The van der Waals surface area contributed by atoms with Gasteiger partial charge in [0.1, 0.15) is 0 Å². The molecule has 4 heteroatoms. The van der Waals surface area contributed by atoms with Crippen molar-refractivity contribution in [2.45, 2.75) is 38.8 Å². The highest BCUT2D eigenvalue weighted by Crippen LogP contribution is 2.24. The van der Waals surface area contributed by atoms with Crippen LogP contribution in [-0.4, -0.2) is 23.7 Å². The largest absolute Gasteiger partial charge is 0.444 e. The van der Waals surface area contributed by atoms with Crippen LogP contribution in [0.5, 0.6) is 0 Å². The van der Waals surface area contributed by atoms with E-state index >= 15 is 0 Å². The van der Waals surface area contributed by atoms with E-state index in [0.29, 0.717) is 6.04 Å². The summed E-state index contributed by atoms with van der Waals surface area (Å²) in [6.45, 7) is 6.34. The molecular weight excluding hydrogens is 252 g/mol. The molecule has 2 rings (SSSR count). The fourth-order valence-corrected chi connectivity index (χ4v) is 2.28. The summed E-state index contributed by atoms with van der Waals surface area (Å²) in [6.07, 6.45) is 4.09. The predicted octanol–water partition coefficient (Wildman–Crippen LogP) is 3.96. The van der Waals surface area contributed by atoms with Crippen molar-refractivity contribution in [3.8, 4) is 11.3 Å². The third-order valence-corrected chi connectivity index (χ3v) is 3.34. The summed E-state index contributed by atoms with van der Waals surface area (Å²) in [7, 11) is 1.75. The Balaban J connectivity index is 2.05. The van der Waals surface area contributed by atoms with Gasteiger partial charge < -0.3 is 14.5 Å². The van der Waals surface area contributed by atoms with E-state index in [4.69, 9.17) is 9.15 Å². The number of benzene rings is 1. The Morgan fingerprint density at radius 1 is 1.40 bits per heavy atom. The number of oxazole rings is 1. The molecule has 2 aromatic rings. The number of aromatic nitrogens is 1. The normalized spacial score (nSPS) is 13.2. The van der Waals surface area contributed by atoms with Gasteiger partial charge in [0.25, 0.3) is 0 Å². The molecule has 0 aliphatic heterocycles. The molecule has 1 atom stereocenters. The Morgan fingerprint density at radius 3 is 2.85 bits per heavy atom. The lowest BCUT2D eigenvalue weighted by Crippen LogP contribution is -2.31. The van der Waals surface area contributed by atoms with Gasteiger partial charge >= 0.3 is 0 Å². The first-order valence-electron chi connectivity index (χ1n) is 6.81. The molecule has 4 nitrogen and oxygen atoms in total. The molecule has 1 aromatic heterocycles. The molecule has 1 unspecified atom stereocenters. The summed E-state index contributed by atoms with van der Waals surface area (Å²) in [4.78, 5) is 3.95. The summed E-state index contributed by atoms with van der Waals surface area (Å²) >= 11 is 0. The van der Waals surface area contributed by atoms with E-state index in [1.54, 1.807) is 13.3 Å². The maximum Gasteiger partial charge on any atom is 0.181 e. The maximum atomic E-state index is 5.47. The third kappa shape index (κ3) is 3.84. The zero-order valence-corrected chi connectivity index (χ0v) is 12.5. The van der Waals surface area contributed by atoms with Gasteiger partial charge in [0.05, 0.1) is 11.8 Å².